The average molecular weight is 371 g/mol. The molecule has 0 saturated carbocycles. The van der Waals surface area contributed by atoms with Crippen molar-refractivity contribution in [3.8, 4) is 33.9 Å². The van der Waals surface area contributed by atoms with Crippen molar-refractivity contribution in [2.24, 2.45) is 0 Å². The van der Waals surface area contributed by atoms with Gasteiger partial charge in [-0.25, -0.2) is 4.98 Å². The van der Waals surface area contributed by atoms with E-state index in [1.165, 1.54) is 16.0 Å². The van der Waals surface area contributed by atoms with Gasteiger partial charge in [0.25, 0.3) is 0 Å². The van der Waals surface area contributed by atoms with Crippen LogP contribution in [0.15, 0.2) is 77.7 Å². The minimum Gasteiger partial charge on any atom is -0.337 e. The highest BCUT2D eigenvalue weighted by Gasteiger charge is 2.15. The van der Waals surface area contributed by atoms with E-state index in [9.17, 15) is 0 Å². The lowest BCUT2D eigenvalue weighted by molar-refractivity contribution is 1.30. The molecule has 27 heavy (non-hydrogen) atoms. The number of H-pyrrole nitrogens is 1. The number of nitrogens with zero attached hydrogens (tertiary/aromatic N) is 1. The largest absolute Gasteiger partial charge is 0.337 e. The molecule has 2 nitrogen and oxygen atoms in total. The van der Waals surface area contributed by atoms with Crippen molar-refractivity contribution in [1.29, 1.82) is 0 Å². The first-order chi connectivity index (χ1) is 13.1. The first-order valence-electron chi connectivity index (χ1n) is 9.02. The smallest absolute Gasteiger partial charge is 0.138 e. The Morgan fingerprint density at radius 1 is 0.667 bits per heavy atom. The van der Waals surface area contributed by atoms with E-state index >= 15 is 0 Å². The molecule has 0 atom stereocenters. The monoisotopic (exact) mass is 370 g/mol. The Balaban J connectivity index is 1.85. The Morgan fingerprint density at radius 2 is 1.19 bits per heavy atom. The molecule has 0 bridgehead atoms. The van der Waals surface area contributed by atoms with Gasteiger partial charge in [0.05, 0.1) is 11.4 Å². The van der Waals surface area contributed by atoms with Crippen LogP contribution < -0.4 is 0 Å². The summed E-state index contributed by atoms with van der Waals surface area (Å²) in [4.78, 5) is 9.79. The summed E-state index contributed by atoms with van der Waals surface area (Å²) >= 11 is 1.75. The molecule has 0 aliphatic rings. The van der Waals surface area contributed by atoms with Gasteiger partial charge < -0.3 is 4.98 Å². The normalized spacial score (nSPS) is 10.9. The van der Waals surface area contributed by atoms with Crippen molar-refractivity contribution < 1.29 is 0 Å². The van der Waals surface area contributed by atoms with Gasteiger partial charge in [-0.05, 0) is 32.2 Å². The minimum atomic E-state index is 0.897. The molecule has 134 valence electrons. The molecule has 4 aromatic rings. The molecule has 0 radical (unpaired) electrons. The second-order valence-corrected chi connectivity index (χ2v) is 7.65. The number of rotatable bonds is 4. The number of nitrogens with one attached hydrogen (secondary N) is 1. The van der Waals surface area contributed by atoms with E-state index in [1.54, 1.807) is 11.8 Å². The van der Waals surface area contributed by atoms with E-state index in [4.69, 9.17) is 4.98 Å². The number of aromatic amines is 1. The van der Waals surface area contributed by atoms with Crippen molar-refractivity contribution in [1.82, 2.24) is 9.97 Å². The zero-order valence-electron chi connectivity index (χ0n) is 15.8. The average Bonchev–Trinajstić information content (AvgIpc) is 3.14. The van der Waals surface area contributed by atoms with Gasteiger partial charge in [-0.1, -0.05) is 71.8 Å². The van der Waals surface area contributed by atoms with Crippen LogP contribution in [0.4, 0.5) is 0 Å². The Kier molecular flexibility index (Phi) is 4.87. The molecule has 0 saturated heterocycles. The lowest BCUT2D eigenvalue weighted by Crippen LogP contribution is -1.84. The summed E-state index contributed by atoms with van der Waals surface area (Å²) in [5.41, 5.74) is 7.92. The van der Waals surface area contributed by atoms with Crippen molar-refractivity contribution >= 4 is 11.8 Å². The van der Waals surface area contributed by atoms with Gasteiger partial charge in [-0.15, -0.1) is 11.8 Å². The molecule has 4 rings (SSSR count). The Labute approximate surface area is 164 Å². The third-order valence-electron chi connectivity index (χ3n) is 4.73. The first kappa shape index (κ1) is 17.6. The van der Waals surface area contributed by atoms with Gasteiger partial charge in [0, 0.05) is 21.6 Å². The minimum absolute atomic E-state index is 0.897. The molecule has 0 aliphatic heterocycles. The third-order valence-corrected chi connectivity index (χ3v) is 5.48. The zero-order valence-corrected chi connectivity index (χ0v) is 16.6. The molecule has 0 aliphatic carbocycles. The van der Waals surface area contributed by atoms with Crippen molar-refractivity contribution in [3.05, 3.63) is 83.9 Å². The highest BCUT2D eigenvalue weighted by molar-refractivity contribution is 7.98. The van der Waals surface area contributed by atoms with E-state index in [1.807, 2.05) is 0 Å². The van der Waals surface area contributed by atoms with E-state index in [-0.39, 0.29) is 0 Å². The summed E-state index contributed by atoms with van der Waals surface area (Å²) in [6.45, 7) is 4.21. The highest BCUT2D eigenvalue weighted by atomic mass is 32.2. The summed E-state index contributed by atoms with van der Waals surface area (Å²) in [7, 11) is 0. The number of benzene rings is 3. The maximum Gasteiger partial charge on any atom is 0.138 e. The maximum absolute atomic E-state index is 4.97. The SMILES string of the molecule is CSc1ccc(-c2nc(-c3ccc(C)cc3)c(-c3ccc(C)cc3)[nH]2)cc1. The fraction of sp³-hybridized carbons (Fsp3) is 0.125. The number of aromatic nitrogens is 2. The summed E-state index contributed by atoms with van der Waals surface area (Å²) in [6.07, 6.45) is 2.09. The summed E-state index contributed by atoms with van der Waals surface area (Å²) in [5.74, 6) is 0.897. The summed E-state index contributed by atoms with van der Waals surface area (Å²) in [6, 6.07) is 25.7. The predicted molar refractivity (Wildman–Crippen MR) is 116 cm³/mol. The molecule has 1 aromatic heterocycles. The molecule has 3 aromatic carbocycles. The van der Waals surface area contributed by atoms with Crippen LogP contribution in [-0.4, -0.2) is 16.2 Å². The van der Waals surface area contributed by atoms with Crippen molar-refractivity contribution in [3.63, 3.8) is 0 Å². The van der Waals surface area contributed by atoms with Gasteiger partial charge in [-0.2, -0.15) is 0 Å². The number of imidazole rings is 1. The quantitative estimate of drug-likeness (QED) is 0.403. The molecule has 0 unspecified atom stereocenters. The summed E-state index contributed by atoms with van der Waals surface area (Å²) in [5, 5.41) is 0. The van der Waals surface area contributed by atoms with Crippen LogP contribution in [0, 0.1) is 13.8 Å². The number of aryl methyl sites for hydroxylation is 2. The topological polar surface area (TPSA) is 28.7 Å². The second-order valence-electron chi connectivity index (χ2n) is 6.77. The second kappa shape index (κ2) is 7.45. The molecule has 3 heteroatoms. The van der Waals surface area contributed by atoms with Crippen LogP contribution in [0.2, 0.25) is 0 Å². The van der Waals surface area contributed by atoms with Gasteiger partial charge in [-0.3, -0.25) is 0 Å². The molecule has 1 heterocycles. The van der Waals surface area contributed by atoms with Gasteiger partial charge >= 0.3 is 0 Å². The van der Waals surface area contributed by atoms with Crippen LogP contribution in [-0.2, 0) is 0 Å². The van der Waals surface area contributed by atoms with E-state index < -0.39 is 0 Å². The van der Waals surface area contributed by atoms with E-state index in [0.717, 1.165) is 33.9 Å². The zero-order chi connectivity index (χ0) is 18.8. The Bertz CT molecular complexity index is 980. The first-order valence-corrected chi connectivity index (χ1v) is 10.2. The number of hydrogen-bond acceptors (Lipinski definition) is 2. The van der Waals surface area contributed by atoms with Gasteiger partial charge in [0.15, 0.2) is 0 Å². The van der Waals surface area contributed by atoms with Gasteiger partial charge in [0.2, 0.25) is 0 Å². The fourth-order valence-corrected chi connectivity index (χ4v) is 3.52. The number of thioether (sulfide) groups is 1. The molecular weight excluding hydrogens is 348 g/mol. The molecular formula is C24H22N2S. The van der Waals surface area contributed by atoms with Crippen LogP contribution in [0.5, 0.6) is 0 Å². The number of hydrogen-bond donors (Lipinski definition) is 1. The standard InChI is InChI=1S/C24H22N2S/c1-16-4-8-18(9-5-16)22-23(19-10-6-17(2)7-11-19)26-24(25-22)20-12-14-21(27-3)15-13-20/h4-15H,1-3H3,(H,25,26). The van der Waals surface area contributed by atoms with Crippen LogP contribution in [0.1, 0.15) is 11.1 Å². The van der Waals surface area contributed by atoms with Crippen molar-refractivity contribution in [2.45, 2.75) is 18.7 Å². The lowest BCUT2D eigenvalue weighted by Gasteiger charge is -2.04. The molecule has 1 N–H and O–H groups in total. The van der Waals surface area contributed by atoms with E-state index in [2.05, 4.69) is 97.9 Å². The van der Waals surface area contributed by atoms with Crippen LogP contribution >= 0.6 is 11.8 Å². The summed E-state index contributed by atoms with van der Waals surface area (Å²) < 4.78 is 0. The van der Waals surface area contributed by atoms with Crippen molar-refractivity contribution in [2.75, 3.05) is 6.26 Å². The highest BCUT2D eigenvalue weighted by Crippen LogP contribution is 2.33. The van der Waals surface area contributed by atoms with Crippen LogP contribution in [0.3, 0.4) is 0 Å². The maximum atomic E-state index is 4.97. The van der Waals surface area contributed by atoms with Gasteiger partial charge in [0.1, 0.15) is 5.82 Å². The van der Waals surface area contributed by atoms with Crippen LogP contribution in [0.25, 0.3) is 33.9 Å². The Morgan fingerprint density at radius 3 is 1.74 bits per heavy atom. The third kappa shape index (κ3) is 3.69. The Hall–Kier alpha value is -2.78. The molecule has 0 fully saturated rings. The van der Waals surface area contributed by atoms with E-state index in [0.29, 0.717) is 0 Å². The fourth-order valence-electron chi connectivity index (χ4n) is 3.11. The lowest BCUT2D eigenvalue weighted by atomic mass is 10.0. The molecule has 0 amide bonds. The molecule has 0 spiro atoms. The predicted octanol–water partition coefficient (Wildman–Crippen LogP) is 6.75.